The highest BCUT2D eigenvalue weighted by Gasteiger charge is 2.14. The number of rotatable bonds is 7. The van der Waals surface area contributed by atoms with Gasteiger partial charge >= 0.3 is 6.03 Å². The zero-order valence-corrected chi connectivity index (χ0v) is 13.5. The van der Waals surface area contributed by atoms with Crippen molar-refractivity contribution in [2.45, 2.75) is 32.2 Å². The maximum Gasteiger partial charge on any atom is 0.319 e. The lowest BCUT2D eigenvalue weighted by atomic mass is 10.0. The van der Waals surface area contributed by atoms with Crippen LogP contribution in [0.15, 0.2) is 54.6 Å². The van der Waals surface area contributed by atoms with E-state index in [1.54, 1.807) is 0 Å². The van der Waals surface area contributed by atoms with Crippen LogP contribution in [0.1, 0.15) is 36.9 Å². The molecule has 23 heavy (non-hydrogen) atoms. The normalized spacial score (nSPS) is 11.7. The van der Waals surface area contributed by atoms with Gasteiger partial charge in [-0.1, -0.05) is 49.4 Å². The van der Waals surface area contributed by atoms with Crippen molar-refractivity contribution in [1.29, 1.82) is 0 Å². The van der Waals surface area contributed by atoms with Gasteiger partial charge in [0, 0.05) is 12.3 Å². The number of hydrogen-bond donors (Lipinski definition) is 3. The van der Waals surface area contributed by atoms with Gasteiger partial charge in [-0.05, 0) is 42.5 Å². The van der Waals surface area contributed by atoms with Crippen molar-refractivity contribution in [3.8, 4) is 0 Å². The molecule has 4 heteroatoms. The van der Waals surface area contributed by atoms with Crippen LogP contribution in [0.2, 0.25) is 0 Å². The lowest BCUT2D eigenvalue weighted by Crippen LogP contribution is -2.32. The first-order valence-electron chi connectivity index (χ1n) is 8.05. The summed E-state index contributed by atoms with van der Waals surface area (Å²) in [5.74, 6) is 0. The van der Waals surface area contributed by atoms with Crippen LogP contribution in [0.25, 0.3) is 0 Å². The van der Waals surface area contributed by atoms with Gasteiger partial charge in [0.15, 0.2) is 0 Å². The highest BCUT2D eigenvalue weighted by Crippen LogP contribution is 2.18. The number of anilines is 1. The van der Waals surface area contributed by atoms with E-state index < -0.39 is 0 Å². The Kier molecular flexibility index (Phi) is 6.63. The Morgan fingerprint density at radius 1 is 1.13 bits per heavy atom. The number of carbonyl (C=O) groups is 1. The second kappa shape index (κ2) is 8.96. The van der Waals surface area contributed by atoms with Gasteiger partial charge in [-0.3, -0.25) is 0 Å². The molecule has 2 aromatic rings. The highest BCUT2D eigenvalue weighted by molar-refractivity contribution is 5.89. The number of hydrogen-bond acceptors (Lipinski definition) is 2. The fraction of sp³-hybridized carbons (Fsp3) is 0.316. The predicted octanol–water partition coefficient (Wildman–Crippen LogP) is 3.88. The summed E-state index contributed by atoms with van der Waals surface area (Å²) < 4.78 is 0. The zero-order valence-electron chi connectivity index (χ0n) is 13.5. The summed E-state index contributed by atoms with van der Waals surface area (Å²) in [5, 5.41) is 14.9. The van der Waals surface area contributed by atoms with Crippen molar-refractivity contribution in [1.82, 2.24) is 5.32 Å². The minimum atomic E-state index is -0.231. The zero-order chi connectivity index (χ0) is 16.5. The van der Waals surface area contributed by atoms with E-state index in [1.807, 2.05) is 54.6 Å². The monoisotopic (exact) mass is 312 g/mol. The van der Waals surface area contributed by atoms with Gasteiger partial charge in [0.05, 0.1) is 6.04 Å². The van der Waals surface area contributed by atoms with Gasteiger partial charge in [-0.25, -0.2) is 4.79 Å². The Bertz CT molecular complexity index is 614. The van der Waals surface area contributed by atoms with Crippen molar-refractivity contribution in [3.63, 3.8) is 0 Å². The first-order valence-corrected chi connectivity index (χ1v) is 8.05. The highest BCUT2D eigenvalue weighted by atomic mass is 16.3. The molecule has 0 aliphatic rings. The fourth-order valence-electron chi connectivity index (χ4n) is 2.50. The van der Waals surface area contributed by atoms with Crippen molar-refractivity contribution in [3.05, 3.63) is 65.7 Å². The summed E-state index contributed by atoms with van der Waals surface area (Å²) >= 11 is 0. The molecule has 0 aliphatic heterocycles. The topological polar surface area (TPSA) is 61.4 Å². The number of benzene rings is 2. The SMILES string of the molecule is CCc1cccc(NC(=O)NC(CCCO)c2ccccc2)c1. The number of aliphatic hydroxyl groups is 1. The Morgan fingerprint density at radius 2 is 1.91 bits per heavy atom. The van der Waals surface area contributed by atoms with E-state index in [4.69, 9.17) is 5.11 Å². The van der Waals surface area contributed by atoms with Crippen LogP contribution in [0, 0.1) is 0 Å². The van der Waals surface area contributed by atoms with Crippen LogP contribution in [0.3, 0.4) is 0 Å². The molecule has 0 spiro atoms. The van der Waals surface area contributed by atoms with Gasteiger partial charge in [0.2, 0.25) is 0 Å². The molecule has 1 unspecified atom stereocenters. The predicted molar refractivity (Wildman–Crippen MR) is 93.5 cm³/mol. The molecule has 0 aliphatic carbocycles. The van der Waals surface area contributed by atoms with Crippen LogP contribution in [0.5, 0.6) is 0 Å². The molecule has 3 N–H and O–H groups in total. The number of carbonyl (C=O) groups excluding carboxylic acids is 1. The Labute approximate surface area is 137 Å². The van der Waals surface area contributed by atoms with Crippen LogP contribution in [0.4, 0.5) is 10.5 Å². The lowest BCUT2D eigenvalue weighted by Gasteiger charge is -2.19. The second-order valence-corrected chi connectivity index (χ2v) is 5.48. The Balaban J connectivity index is 2.02. The molecule has 2 amide bonds. The van der Waals surface area contributed by atoms with Crippen LogP contribution in [-0.2, 0) is 6.42 Å². The third kappa shape index (κ3) is 5.42. The molecule has 0 saturated heterocycles. The molecule has 0 aromatic heterocycles. The summed E-state index contributed by atoms with van der Waals surface area (Å²) in [6, 6.07) is 17.3. The molecular weight excluding hydrogens is 288 g/mol. The molecule has 1 atom stereocenters. The van der Waals surface area contributed by atoms with Gasteiger partial charge in [0.1, 0.15) is 0 Å². The summed E-state index contributed by atoms with van der Waals surface area (Å²) in [6.45, 7) is 2.20. The number of amides is 2. The number of aryl methyl sites for hydroxylation is 1. The molecule has 0 fully saturated rings. The first-order chi connectivity index (χ1) is 11.2. The van der Waals surface area contributed by atoms with E-state index in [-0.39, 0.29) is 18.7 Å². The van der Waals surface area contributed by atoms with Gasteiger partial charge in [0.25, 0.3) is 0 Å². The third-order valence-corrected chi connectivity index (χ3v) is 3.75. The summed E-state index contributed by atoms with van der Waals surface area (Å²) in [4.78, 5) is 12.3. The summed E-state index contributed by atoms with van der Waals surface area (Å²) in [6.07, 6.45) is 2.27. The number of urea groups is 1. The van der Waals surface area contributed by atoms with Gasteiger partial charge in [-0.15, -0.1) is 0 Å². The van der Waals surface area contributed by atoms with Crippen LogP contribution in [-0.4, -0.2) is 17.7 Å². The first kappa shape index (κ1) is 17.0. The molecule has 4 nitrogen and oxygen atoms in total. The fourth-order valence-corrected chi connectivity index (χ4v) is 2.50. The second-order valence-electron chi connectivity index (χ2n) is 5.48. The molecule has 0 saturated carbocycles. The molecule has 122 valence electrons. The van der Waals surface area contributed by atoms with E-state index in [0.717, 1.165) is 17.7 Å². The van der Waals surface area contributed by atoms with Crippen molar-refractivity contribution in [2.75, 3.05) is 11.9 Å². The van der Waals surface area contributed by atoms with Gasteiger partial charge < -0.3 is 15.7 Å². The maximum absolute atomic E-state index is 12.3. The molecule has 2 rings (SSSR count). The molecule has 2 aromatic carbocycles. The number of nitrogens with one attached hydrogen (secondary N) is 2. The van der Waals surface area contributed by atoms with E-state index in [0.29, 0.717) is 12.8 Å². The van der Waals surface area contributed by atoms with E-state index in [2.05, 4.69) is 17.6 Å². The molecule has 0 radical (unpaired) electrons. The number of aliphatic hydroxyl groups excluding tert-OH is 1. The minimum Gasteiger partial charge on any atom is -0.396 e. The van der Waals surface area contributed by atoms with E-state index >= 15 is 0 Å². The van der Waals surface area contributed by atoms with E-state index in [1.165, 1.54) is 5.56 Å². The van der Waals surface area contributed by atoms with Crippen molar-refractivity contribution in [2.24, 2.45) is 0 Å². The molecular formula is C19H24N2O2. The largest absolute Gasteiger partial charge is 0.396 e. The molecule has 0 heterocycles. The average molecular weight is 312 g/mol. The smallest absolute Gasteiger partial charge is 0.319 e. The average Bonchev–Trinajstić information content (AvgIpc) is 2.59. The van der Waals surface area contributed by atoms with Gasteiger partial charge in [-0.2, -0.15) is 0 Å². The Hall–Kier alpha value is -2.33. The van der Waals surface area contributed by atoms with Crippen molar-refractivity contribution >= 4 is 11.7 Å². The molecule has 0 bridgehead atoms. The minimum absolute atomic E-state index is 0.113. The maximum atomic E-state index is 12.3. The summed E-state index contributed by atoms with van der Waals surface area (Å²) in [5.41, 5.74) is 3.01. The quantitative estimate of drug-likeness (QED) is 0.726. The Morgan fingerprint density at radius 3 is 2.61 bits per heavy atom. The van der Waals surface area contributed by atoms with Crippen molar-refractivity contribution < 1.29 is 9.90 Å². The van der Waals surface area contributed by atoms with Crippen LogP contribution < -0.4 is 10.6 Å². The third-order valence-electron chi connectivity index (χ3n) is 3.75. The lowest BCUT2D eigenvalue weighted by molar-refractivity contribution is 0.244. The van der Waals surface area contributed by atoms with Crippen LogP contribution >= 0.6 is 0 Å². The summed E-state index contributed by atoms with van der Waals surface area (Å²) in [7, 11) is 0. The van der Waals surface area contributed by atoms with E-state index in [9.17, 15) is 4.79 Å². The standard InChI is InChI=1S/C19H24N2O2/c1-2-15-8-6-11-17(14-15)20-19(23)21-18(12-7-13-22)16-9-4-3-5-10-16/h3-6,8-11,14,18,22H,2,7,12-13H2,1H3,(H2,20,21,23).